The lowest BCUT2D eigenvalue weighted by molar-refractivity contribution is -0.137. The molecule has 0 spiro atoms. The summed E-state index contributed by atoms with van der Waals surface area (Å²) in [6.45, 7) is 1.54. The lowest BCUT2D eigenvalue weighted by Gasteiger charge is -2.05. The maximum absolute atomic E-state index is 12.3. The molecule has 0 amide bonds. The third kappa shape index (κ3) is 2.65. The average Bonchev–Trinajstić information content (AvgIpc) is 1.84. The Labute approximate surface area is 57.6 Å². The molecule has 2 atom stereocenters. The first-order valence-corrected chi connectivity index (χ1v) is 3.04. The summed E-state index contributed by atoms with van der Waals surface area (Å²) in [7, 11) is 0. The van der Waals surface area contributed by atoms with Crippen LogP contribution in [0.5, 0.6) is 0 Å². The number of hydrogen-bond donors (Lipinski definition) is 1. The van der Waals surface area contributed by atoms with Crippen molar-refractivity contribution in [2.24, 2.45) is 0 Å². The van der Waals surface area contributed by atoms with Crippen LogP contribution in [0.2, 0.25) is 0 Å². The van der Waals surface area contributed by atoms with Crippen molar-refractivity contribution in [3.05, 3.63) is 0 Å². The highest BCUT2D eigenvalue weighted by Crippen LogP contribution is 2.09. The Morgan fingerprint density at radius 1 is 1.89 bits per heavy atom. The van der Waals surface area contributed by atoms with Crippen LogP contribution in [0.1, 0.15) is 13.3 Å². The quantitative estimate of drug-likeness (QED) is 0.625. The zero-order valence-corrected chi connectivity index (χ0v) is 5.73. The molecule has 54 valence electrons. The number of halogens is 2. The first-order chi connectivity index (χ1) is 4.09. The summed E-state index contributed by atoms with van der Waals surface area (Å²) in [5, 5.41) is 6.72. The van der Waals surface area contributed by atoms with Crippen molar-refractivity contribution in [1.29, 1.82) is 0 Å². The van der Waals surface area contributed by atoms with Gasteiger partial charge in [-0.25, -0.2) is 4.39 Å². The molecule has 0 aromatic heterocycles. The van der Waals surface area contributed by atoms with E-state index in [1.807, 2.05) is 0 Å². The van der Waals surface area contributed by atoms with Gasteiger partial charge in [-0.2, -0.15) is 0 Å². The summed E-state index contributed by atoms with van der Waals surface area (Å²) >= 11 is 5.09. The summed E-state index contributed by atoms with van der Waals surface area (Å²) in [6, 6.07) is 0. The molecule has 2 nitrogen and oxygen atoms in total. The summed E-state index contributed by atoms with van der Waals surface area (Å²) in [4.78, 5) is 9.93. The Balaban J connectivity index is 3.72. The highest BCUT2D eigenvalue weighted by molar-refractivity contribution is 6.30. The van der Waals surface area contributed by atoms with Crippen LogP contribution < -0.4 is 0 Å². The van der Waals surface area contributed by atoms with E-state index in [0.717, 1.165) is 0 Å². The standard InChI is InChI=1S/C5H8ClFO2/c1-2-3(7)4(6)5(8)9/h3-4H,2H2,1H3,(H,8,9). The number of carboxylic acid groups (broad SMARTS) is 1. The highest BCUT2D eigenvalue weighted by Gasteiger charge is 2.23. The van der Waals surface area contributed by atoms with E-state index in [1.54, 1.807) is 6.92 Å². The molecular formula is C5H8ClFO2. The van der Waals surface area contributed by atoms with Gasteiger partial charge in [0.2, 0.25) is 0 Å². The van der Waals surface area contributed by atoms with Crippen LogP contribution >= 0.6 is 11.6 Å². The van der Waals surface area contributed by atoms with Gasteiger partial charge in [-0.15, -0.1) is 11.6 Å². The Morgan fingerprint density at radius 3 is 2.44 bits per heavy atom. The fraction of sp³-hybridized carbons (Fsp3) is 0.800. The minimum atomic E-state index is -1.44. The molecule has 0 aliphatic heterocycles. The van der Waals surface area contributed by atoms with Crippen molar-refractivity contribution in [1.82, 2.24) is 0 Å². The molecule has 9 heavy (non-hydrogen) atoms. The Bertz CT molecular complexity index is 107. The molecule has 0 saturated heterocycles. The maximum Gasteiger partial charge on any atom is 0.324 e. The number of hydrogen-bond acceptors (Lipinski definition) is 1. The van der Waals surface area contributed by atoms with Crippen molar-refractivity contribution in [3.63, 3.8) is 0 Å². The number of carboxylic acids is 1. The highest BCUT2D eigenvalue weighted by atomic mass is 35.5. The normalized spacial score (nSPS) is 16.8. The zero-order chi connectivity index (χ0) is 7.44. The van der Waals surface area contributed by atoms with Gasteiger partial charge in [-0.05, 0) is 6.42 Å². The maximum atomic E-state index is 12.3. The lowest BCUT2D eigenvalue weighted by atomic mass is 10.2. The summed E-state index contributed by atoms with van der Waals surface area (Å²) < 4.78 is 12.3. The number of rotatable bonds is 3. The first kappa shape index (κ1) is 8.69. The first-order valence-electron chi connectivity index (χ1n) is 2.60. The molecule has 1 N–H and O–H groups in total. The van der Waals surface area contributed by atoms with Crippen molar-refractivity contribution in [2.45, 2.75) is 24.9 Å². The second kappa shape index (κ2) is 3.67. The predicted octanol–water partition coefficient (Wildman–Crippen LogP) is 1.43. The van der Waals surface area contributed by atoms with Crippen LogP contribution in [-0.4, -0.2) is 22.6 Å². The third-order valence-electron chi connectivity index (χ3n) is 0.943. The second-order valence-corrected chi connectivity index (χ2v) is 2.13. The van der Waals surface area contributed by atoms with Crippen LogP contribution in [0, 0.1) is 0 Å². The van der Waals surface area contributed by atoms with Gasteiger partial charge in [0.15, 0.2) is 5.38 Å². The zero-order valence-electron chi connectivity index (χ0n) is 4.97. The SMILES string of the molecule is CCC(F)C(Cl)C(=O)O. The van der Waals surface area contributed by atoms with Crippen LogP contribution in [0.25, 0.3) is 0 Å². The Morgan fingerprint density at radius 2 is 2.33 bits per heavy atom. The van der Waals surface area contributed by atoms with Gasteiger partial charge in [0, 0.05) is 0 Å². The van der Waals surface area contributed by atoms with Crippen molar-refractivity contribution in [2.75, 3.05) is 0 Å². The summed E-state index contributed by atoms with van der Waals surface area (Å²) in [5.41, 5.74) is 0. The fourth-order valence-corrected chi connectivity index (χ4v) is 0.540. The van der Waals surface area contributed by atoms with E-state index in [9.17, 15) is 9.18 Å². The van der Waals surface area contributed by atoms with Gasteiger partial charge in [0.05, 0.1) is 0 Å². The van der Waals surface area contributed by atoms with Gasteiger partial charge in [0.1, 0.15) is 6.17 Å². The summed E-state index contributed by atoms with van der Waals surface area (Å²) in [5.74, 6) is -1.30. The second-order valence-electron chi connectivity index (χ2n) is 1.66. The van der Waals surface area contributed by atoms with E-state index in [1.165, 1.54) is 0 Å². The van der Waals surface area contributed by atoms with Crippen molar-refractivity contribution < 1.29 is 14.3 Å². The van der Waals surface area contributed by atoms with Gasteiger partial charge < -0.3 is 5.11 Å². The fourth-order valence-electron chi connectivity index (χ4n) is 0.362. The Hall–Kier alpha value is -0.310. The Kier molecular flexibility index (Phi) is 3.54. The molecule has 0 aliphatic rings. The van der Waals surface area contributed by atoms with E-state index in [2.05, 4.69) is 0 Å². The number of alkyl halides is 2. The van der Waals surface area contributed by atoms with Crippen LogP contribution in [0.15, 0.2) is 0 Å². The number of aliphatic carboxylic acids is 1. The molecule has 4 heteroatoms. The van der Waals surface area contributed by atoms with E-state index < -0.39 is 17.5 Å². The predicted molar refractivity (Wildman–Crippen MR) is 32.5 cm³/mol. The minimum absolute atomic E-state index is 0.139. The van der Waals surface area contributed by atoms with Crippen LogP contribution in [0.4, 0.5) is 4.39 Å². The molecular weight excluding hydrogens is 147 g/mol. The molecule has 0 rings (SSSR count). The van der Waals surface area contributed by atoms with E-state index >= 15 is 0 Å². The monoisotopic (exact) mass is 154 g/mol. The molecule has 0 heterocycles. The van der Waals surface area contributed by atoms with Gasteiger partial charge in [-0.3, -0.25) is 4.79 Å². The van der Waals surface area contributed by atoms with E-state index in [4.69, 9.17) is 16.7 Å². The lowest BCUT2D eigenvalue weighted by Crippen LogP contribution is -2.24. The van der Waals surface area contributed by atoms with E-state index in [0.29, 0.717) is 0 Å². The van der Waals surface area contributed by atoms with Crippen molar-refractivity contribution >= 4 is 17.6 Å². The van der Waals surface area contributed by atoms with E-state index in [-0.39, 0.29) is 6.42 Å². The average molecular weight is 155 g/mol. The molecule has 0 aromatic carbocycles. The van der Waals surface area contributed by atoms with Gasteiger partial charge in [-0.1, -0.05) is 6.92 Å². The number of carbonyl (C=O) groups is 1. The van der Waals surface area contributed by atoms with Crippen LogP contribution in [0.3, 0.4) is 0 Å². The van der Waals surface area contributed by atoms with Gasteiger partial charge in [0.25, 0.3) is 0 Å². The van der Waals surface area contributed by atoms with Gasteiger partial charge >= 0.3 is 5.97 Å². The molecule has 0 saturated carbocycles. The topological polar surface area (TPSA) is 37.3 Å². The molecule has 0 bridgehead atoms. The smallest absolute Gasteiger partial charge is 0.324 e. The molecule has 0 aliphatic carbocycles. The molecule has 0 aromatic rings. The third-order valence-corrected chi connectivity index (χ3v) is 1.40. The van der Waals surface area contributed by atoms with Crippen molar-refractivity contribution in [3.8, 4) is 0 Å². The van der Waals surface area contributed by atoms with Crippen LogP contribution in [-0.2, 0) is 4.79 Å². The largest absolute Gasteiger partial charge is 0.480 e. The molecule has 2 unspecified atom stereocenters. The summed E-state index contributed by atoms with van der Waals surface area (Å²) in [6.07, 6.45) is -1.30. The minimum Gasteiger partial charge on any atom is -0.480 e. The molecule has 0 fully saturated rings. The molecule has 0 radical (unpaired) electrons.